The number of fused-ring (bicyclic) bond motifs is 3. The highest BCUT2D eigenvalue weighted by Gasteiger charge is 2.28. The van der Waals surface area contributed by atoms with Gasteiger partial charge in [0.2, 0.25) is 0 Å². The standard InChI is InChI=1S/C28H28N4/c1-3-19-14-23(15-19)20-9-11-22(12-10-20)27-25(21-7-5-4-6-8-21)16-24-17-29-26-13-18(2)31-32(26)28(24)30-27/h5,7-13,16-17,19,23H,3-4,6,14-15H2,1-2H3. The fourth-order valence-electron chi connectivity index (χ4n) is 5.16. The van der Waals surface area contributed by atoms with Crippen molar-refractivity contribution in [3.05, 3.63) is 77.6 Å². The topological polar surface area (TPSA) is 43.1 Å². The Bertz CT molecular complexity index is 1370. The molecular formula is C28H28N4. The highest BCUT2D eigenvalue weighted by Crippen LogP contribution is 2.43. The monoisotopic (exact) mass is 420 g/mol. The Labute approximate surface area is 188 Å². The smallest absolute Gasteiger partial charge is 0.165 e. The van der Waals surface area contributed by atoms with Gasteiger partial charge in [-0.3, -0.25) is 0 Å². The molecule has 1 saturated carbocycles. The Morgan fingerprint density at radius 1 is 1.06 bits per heavy atom. The van der Waals surface area contributed by atoms with Crippen LogP contribution in [0.4, 0.5) is 0 Å². The molecule has 1 aromatic carbocycles. The van der Waals surface area contributed by atoms with Gasteiger partial charge in [0.05, 0.1) is 11.4 Å². The van der Waals surface area contributed by atoms with Crippen molar-refractivity contribution >= 4 is 22.3 Å². The summed E-state index contributed by atoms with van der Waals surface area (Å²) in [6.07, 6.45) is 14.9. The summed E-state index contributed by atoms with van der Waals surface area (Å²) >= 11 is 0. The van der Waals surface area contributed by atoms with E-state index in [2.05, 4.69) is 65.6 Å². The average Bonchev–Trinajstić information content (AvgIpc) is 3.19. The number of rotatable bonds is 4. The molecule has 0 bridgehead atoms. The third kappa shape index (κ3) is 3.26. The highest BCUT2D eigenvalue weighted by molar-refractivity contribution is 5.91. The lowest BCUT2D eigenvalue weighted by Crippen LogP contribution is -2.20. The predicted molar refractivity (Wildman–Crippen MR) is 131 cm³/mol. The van der Waals surface area contributed by atoms with E-state index in [0.717, 1.165) is 58.3 Å². The summed E-state index contributed by atoms with van der Waals surface area (Å²) in [5.74, 6) is 1.63. The second-order valence-electron chi connectivity index (χ2n) is 9.32. The van der Waals surface area contributed by atoms with E-state index in [1.54, 1.807) is 0 Å². The molecule has 6 rings (SSSR count). The summed E-state index contributed by atoms with van der Waals surface area (Å²) in [4.78, 5) is 9.78. The molecule has 0 radical (unpaired) electrons. The largest absolute Gasteiger partial charge is 0.236 e. The van der Waals surface area contributed by atoms with Crippen molar-refractivity contribution in [3.63, 3.8) is 0 Å². The van der Waals surface area contributed by atoms with Crippen molar-refractivity contribution in [3.8, 4) is 11.3 Å². The SMILES string of the molecule is CCC1CC(c2ccc(-c3nc4c(cnc5cc(C)nn54)cc3C3=CCCC=C3)cc2)C1. The zero-order chi connectivity index (χ0) is 21.7. The first-order valence-electron chi connectivity index (χ1n) is 11.8. The second kappa shape index (κ2) is 7.70. The Kier molecular flexibility index (Phi) is 4.67. The summed E-state index contributed by atoms with van der Waals surface area (Å²) < 4.78 is 1.87. The van der Waals surface area contributed by atoms with Crippen LogP contribution in [0, 0.1) is 12.8 Å². The van der Waals surface area contributed by atoms with Crippen LogP contribution in [0.5, 0.6) is 0 Å². The Morgan fingerprint density at radius 2 is 1.91 bits per heavy atom. The van der Waals surface area contributed by atoms with Gasteiger partial charge in [0.1, 0.15) is 0 Å². The summed E-state index contributed by atoms with van der Waals surface area (Å²) in [6, 6.07) is 13.4. The molecule has 2 aliphatic carbocycles. The van der Waals surface area contributed by atoms with E-state index in [4.69, 9.17) is 4.98 Å². The van der Waals surface area contributed by atoms with E-state index in [1.165, 1.54) is 36.0 Å². The Hall–Kier alpha value is -3.27. The van der Waals surface area contributed by atoms with Crippen LogP contribution in [0.1, 0.15) is 61.8 Å². The minimum Gasteiger partial charge on any atom is -0.236 e. The zero-order valence-corrected chi connectivity index (χ0v) is 18.8. The minimum atomic E-state index is 0.722. The number of nitrogens with zero attached hydrogens (tertiary/aromatic N) is 4. The van der Waals surface area contributed by atoms with Crippen molar-refractivity contribution in [1.29, 1.82) is 0 Å². The molecule has 3 aromatic heterocycles. The molecule has 4 aromatic rings. The quantitative estimate of drug-likeness (QED) is 0.361. The van der Waals surface area contributed by atoms with E-state index in [0.29, 0.717) is 0 Å². The van der Waals surface area contributed by atoms with Gasteiger partial charge >= 0.3 is 0 Å². The average molecular weight is 421 g/mol. The molecule has 32 heavy (non-hydrogen) atoms. The van der Waals surface area contributed by atoms with Crippen LogP contribution in [-0.4, -0.2) is 19.6 Å². The molecule has 160 valence electrons. The maximum absolute atomic E-state index is 5.18. The van der Waals surface area contributed by atoms with E-state index in [1.807, 2.05) is 23.7 Å². The van der Waals surface area contributed by atoms with E-state index >= 15 is 0 Å². The van der Waals surface area contributed by atoms with Gasteiger partial charge in [-0.05, 0) is 61.6 Å². The molecule has 0 saturated heterocycles. The lowest BCUT2D eigenvalue weighted by Gasteiger charge is -2.35. The lowest BCUT2D eigenvalue weighted by atomic mass is 9.70. The highest BCUT2D eigenvalue weighted by atomic mass is 15.3. The summed E-state index contributed by atoms with van der Waals surface area (Å²) in [5.41, 5.74) is 8.69. The Balaban J connectivity index is 1.49. The van der Waals surface area contributed by atoms with Crippen molar-refractivity contribution in [1.82, 2.24) is 19.6 Å². The van der Waals surface area contributed by atoms with Crippen molar-refractivity contribution in [2.45, 2.75) is 51.9 Å². The van der Waals surface area contributed by atoms with Crippen molar-refractivity contribution < 1.29 is 0 Å². The van der Waals surface area contributed by atoms with E-state index in [9.17, 15) is 0 Å². The first-order valence-corrected chi connectivity index (χ1v) is 11.8. The number of aryl methyl sites for hydroxylation is 1. The first-order chi connectivity index (χ1) is 15.7. The normalized spacial score (nSPS) is 20.5. The van der Waals surface area contributed by atoms with Crippen LogP contribution in [0.25, 0.3) is 33.5 Å². The molecule has 0 N–H and O–H groups in total. The van der Waals surface area contributed by atoms with Crippen LogP contribution >= 0.6 is 0 Å². The molecule has 0 amide bonds. The van der Waals surface area contributed by atoms with Gasteiger partial charge in [-0.25, -0.2) is 9.97 Å². The van der Waals surface area contributed by atoms with Crippen LogP contribution in [0.3, 0.4) is 0 Å². The third-order valence-electron chi connectivity index (χ3n) is 7.15. The molecule has 0 spiro atoms. The van der Waals surface area contributed by atoms with Gasteiger partial charge < -0.3 is 0 Å². The van der Waals surface area contributed by atoms with Gasteiger partial charge in [-0.1, -0.05) is 55.8 Å². The summed E-state index contributed by atoms with van der Waals surface area (Å²) in [6.45, 7) is 4.30. The summed E-state index contributed by atoms with van der Waals surface area (Å²) in [5, 5.41) is 5.66. The predicted octanol–water partition coefficient (Wildman–Crippen LogP) is 6.89. The van der Waals surface area contributed by atoms with Crippen LogP contribution in [0.2, 0.25) is 0 Å². The van der Waals surface area contributed by atoms with Gasteiger partial charge in [0, 0.05) is 28.8 Å². The Morgan fingerprint density at radius 3 is 2.66 bits per heavy atom. The number of pyridine rings is 1. The van der Waals surface area contributed by atoms with Gasteiger partial charge in [0.25, 0.3) is 0 Å². The fraction of sp³-hybridized carbons (Fsp3) is 0.321. The molecule has 0 aliphatic heterocycles. The number of allylic oxidation sites excluding steroid dienone is 4. The first kappa shape index (κ1) is 19.4. The number of hydrogen-bond acceptors (Lipinski definition) is 3. The van der Waals surface area contributed by atoms with Gasteiger partial charge in [0.15, 0.2) is 11.3 Å². The molecular weight excluding hydrogens is 392 g/mol. The zero-order valence-electron chi connectivity index (χ0n) is 18.8. The molecule has 3 heterocycles. The molecule has 2 aliphatic rings. The third-order valence-corrected chi connectivity index (χ3v) is 7.15. The molecule has 0 atom stereocenters. The van der Waals surface area contributed by atoms with Crippen molar-refractivity contribution in [2.24, 2.45) is 5.92 Å². The fourth-order valence-corrected chi connectivity index (χ4v) is 5.16. The maximum Gasteiger partial charge on any atom is 0.165 e. The molecule has 4 nitrogen and oxygen atoms in total. The molecule has 1 fully saturated rings. The maximum atomic E-state index is 5.18. The molecule has 4 heteroatoms. The van der Waals surface area contributed by atoms with E-state index in [-0.39, 0.29) is 0 Å². The summed E-state index contributed by atoms with van der Waals surface area (Å²) in [7, 11) is 0. The van der Waals surface area contributed by atoms with Crippen LogP contribution < -0.4 is 0 Å². The lowest BCUT2D eigenvalue weighted by molar-refractivity contribution is 0.256. The van der Waals surface area contributed by atoms with E-state index < -0.39 is 0 Å². The minimum absolute atomic E-state index is 0.722. The number of benzene rings is 1. The number of aromatic nitrogens is 4. The van der Waals surface area contributed by atoms with Crippen LogP contribution in [-0.2, 0) is 0 Å². The second-order valence-corrected chi connectivity index (χ2v) is 9.32. The van der Waals surface area contributed by atoms with Crippen LogP contribution in [0.15, 0.2) is 60.8 Å². The van der Waals surface area contributed by atoms with Gasteiger partial charge in [-0.15, -0.1) is 0 Å². The van der Waals surface area contributed by atoms with Crippen molar-refractivity contribution in [2.75, 3.05) is 0 Å². The van der Waals surface area contributed by atoms with Gasteiger partial charge in [-0.2, -0.15) is 9.61 Å². The molecule has 0 unspecified atom stereocenters. The number of hydrogen-bond donors (Lipinski definition) is 0.